The molecule has 92 valence electrons. The van der Waals surface area contributed by atoms with E-state index in [1.165, 1.54) is 12.8 Å². The van der Waals surface area contributed by atoms with Crippen LogP contribution in [0.25, 0.3) is 0 Å². The molecule has 0 amide bonds. The van der Waals surface area contributed by atoms with Crippen LogP contribution in [0.2, 0.25) is 0 Å². The van der Waals surface area contributed by atoms with Crippen molar-refractivity contribution in [2.24, 2.45) is 0 Å². The van der Waals surface area contributed by atoms with Gasteiger partial charge in [-0.3, -0.25) is 9.69 Å². The third kappa shape index (κ3) is 2.95. The van der Waals surface area contributed by atoms with Crippen LogP contribution >= 0.6 is 0 Å². The number of carbonyl (C=O) groups excluding carboxylic acids is 1. The van der Waals surface area contributed by atoms with E-state index >= 15 is 0 Å². The van der Waals surface area contributed by atoms with Gasteiger partial charge in [0.1, 0.15) is 0 Å². The molecular weight excluding hydrogens is 204 g/mol. The van der Waals surface area contributed by atoms with Crippen LogP contribution in [0.3, 0.4) is 0 Å². The summed E-state index contributed by atoms with van der Waals surface area (Å²) in [5, 5.41) is 3.29. The number of rotatable bonds is 5. The van der Waals surface area contributed by atoms with E-state index in [1.54, 1.807) is 0 Å². The highest BCUT2D eigenvalue weighted by Crippen LogP contribution is 2.33. The fourth-order valence-corrected chi connectivity index (χ4v) is 2.56. The van der Waals surface area contributed by atoms with Gasteiger partial charge in [0, 0.05) is 24.7 Å². The molecule has 0 aromatic rings. The first-order valence-electron chi connectivity index (χ1n) is 6.35. The molecule has 2 unspecified atom stereocenters. The summed E-state index contributed by atoms with van der Waals surface area (Å²) in [7, 11) is 0. The Morgan fingerprint density at radius 2 is 2.25 bits per heavy atom. The van der Waals surface area contributed by atoms with E-state index in [1.807, 2.05) is 6.92 Å². The molecule has 2 rings (SSSR count). The quantitative estimate of drug-likeness (QED) is 0.703. The maximum absolute atomic E-state index is 11.2. The second kappa shape index (κ2) is 5.15. The Morgan fingerprint density at radius 1 is 1.50 bits per heavy atom. The molecule has 1 aliphatic heterocycles. The molecule has 2 aliphatic rings. The first-order valence-corrected chi connectivity index (χ1v) is 6.35. The summed E-state index contributed by atoms with van der Waals surface area (Å²) in [6, 6.07) is 1.94. The van der Waals surface area contributed by atoms with Crippen molar-refractivity contribution in [3.05, 3.63) is 0 Å². The van der Waals surface area contributed by atoms with Crippen LogP contribution in [-0.2, 0) is 9.53 Å². The van der Waals surface area contributed by atoms with Crippen molar-refractivity contribution in [1.82, 2.24) is 10.2 Å². The second-order valence-electron chi connectivity index (χ2n) is 4.90. The van der Waals surface area contributed by atoms with Crippen molar-refractivity contribution in [3.63, 3.8) is 0 Å². The summed E-state index contributed by atoms with van der Waals surface area (Å²) in [5.41, 5.74) is 0. The lowest BCUT2D eigenvalue weighted by atomic mass is 10.2. The van der Waals surface area contributed by atoms with Crippen LogP contribution in [0.4, 0.5) is 0 Å². The number of hydrogen-bond acceptors (Lipinski definition) is 4. The van der Waals surface area contributed by atoms with E-state index in [2.05, 4.69) is 17.1 Å². The summed E-state index contributed by atoms with van der Waals surface area (Å²) in [4.78, 5) is 13.8. The van der Waals surface area contributed by atoms with Crippen molar-refractivity contribution in [2.75, 3.05) is 19.7 Å². The second-order valence-corrected chi connectivity index (χ2v) is 4.90. The van der Waals surface area contributed by atoms with Gasteiger partial charge in [-0.1, -0.05) is 0 Å². The number of carbonyl (C=O) groups is 1. The molecule has 1 aliphatic carbocycles. The van der Waals surface area contributed by atoms with E-state index in [0.29, 0.717) is 25.2 Å². The summed E-state index contributed by atoms with van der Waals surface area (Å²) in [6.45, 7) is 6.03. The van der Waals surface area contributed by atoms with Gasteiger partial charge in [-0.05, 0) is 33.1 Å². The molecule has 0 spiro atoms. The van der Waals surface area contributed by atoms with Crippen molar-refractivity contribution >= 4 is 5.97 Å². The van der Waals surface area contributed by atoms with Crippen molar-refractivity contribution < 1.29 is 9.53 Å². The first-order chi connectivity index (χ1) is 7.70. The lowest BCUT2D eigenvalue weighted by Gasteiger charge is -2.19. The Kier molecular flexibility index (Phi) is 3.82. The summed E-state index contributed by atoms with van der Waals surface area (Å²) < 4.78 is 4.90. The van der Waals surface area contributed by atoms with Crippen LogP contribution in [0.15, 0.2) is 0 Å². The molecule has 0 bridgehead atoms. The van der Waals surface area contributed by atoms with Crippen LogP contribution in [0, 0.1) is 0 Å². The van der Waals surface area contributed by atoms with Gasteiger partial charge in [0.15, 0.2) is 0 Å². The van der Waals surface area contributed by atoms with Gasteiger partial charge in [0.05, 0.1) is 13.2 Å². The molecular formula is C12H22N2O2. The largest absolute Gasteiger partial charge is 0.465 e. The van der Waals surface area contributed by atoms with E-state index < -0.39 is 0 Å². The van der Waals surface area contributed by atoms with Gasteiger partial charge in [-0.2, -0.15) is 0 Å². The third-order valence-corrected chi connectivity index (χ3v) is 3.48. The Labute approximate surface area is 97.3 Å². The first kappa shape index (κ1) is 11.9. The van der Waals surface area contributed by atoms with Crippen LogP contribution < -0.4 is 5.32 Å². The Morgan fingerprint density at radius 3 is 2.88 bits per heavy atom. The van der Waals surface area contributed by atoms with Crippen LogP contribution in [0.5, 0.6) is 0 Å². The van der Waals surface area contributed by atoms with E-state index in [4.69, 9.17) is 4.74 Å². The topological polar surface area (TPSA) is 41.6 Å². The SMILES string of the molecule is CCOC(=O)CNC1CC(C)N(C2CC2)C1. The maximum Gasteiger partial charge on any atom is 0.319 e. The molecule has 4 heteroatoms. The number of hydrogen-bond donors (Lipinski definition) is 1. The minimum atomic E-state index is -0.139. The number of nitrogens with zero attached hydrogens (tertiary/aromatic N) is 1. The smallest absolute Gasteiger partial charge is 0.319 e. The van der Waals surface area contributed by atoms with Crippen LogP contribution in [-0.4, -0.2) is 48.7 Å². The van der Waals surface area contributed by atoms with Gasteiger partial charge in [0.2, 0.25) is 0 Å². The lowest BCUT2D eigenvalue weighted by molar-refractivity contribution is -0.142. The normalized spacial score (nSPS) is 30.6. The zero-order valence-corrected chi connectivity index (χ0v) is 10.2. The molecule has 1 saturated heterocycles. The number of ether oxygens (including phenoxy) is 1. The molecule has 2 atom stereocenters. The third-order valence-electron chi connectivity index (χ3n) is 3.48. The summed E-state index contributed by atoms with van der Waals surface area (Å²) in [5.74, 6) is -0.139. The summed E-state index contributed by atoms with van der Waals surface area (Å²) in [6.07, 6.45) is 3.86. The maximum atomic E-state index is 11.2. The molecule has 4 nitrogen and oxygen atoms in total. The molecule has 0 radical (unpaired) electrons. The molecule has 0 aromatic heterocycles. The fraction of sp³-hybridized carbons (Fsp3) is 0.917. The van der Waals surface area contributed by atoms with Gasteiger partial charge >= 0.3 is 5.97 Å². The Bertz CT molecular complexity index is 253. The molecule has 1 heterocycles. The zero-order valence-electron chi connectivity index (χ0n) is 10.2. The Balaban J connectivity index is 1.69. The minimum absolute atomic E-state index is 0.139. The van der Waals surface area contributed by atoms with Gasteiger partial charge in [-0.15, -0.1) is 0 Å². The predicted molar refractivity (Wildman–Crippen MR) is 62.2 cm³/mol. The Hall–Kier alpha value is -0.610. The van der Waals surface area contributed by atoms with Gasteiger partial charge in [0.25, 0.3) is 0 Å². The zero-order chi connectivity index (χ0) is 11.5. The standard InChI is InChI=1S/C12H22N2O2/c1-3-16-12(15)7-13-10-6-9(2)14(8-10)11-4-5-11/h9-11,13H,3-8H2,1-2H3. The minimum Gasteiger partial charge on any atom is -0.465 e. The average Bonchev–Trinajstić information content (AvgIpc) is 3.01. The van der Waals surface area contributed by atoms with E-state index in [0.717, 1.165) is 19.0 Å². The van der Waals surface area contributed by atoms with Crippen LogP contribution in [0.1, 0.15) is 33.1 Å². The summed E-state index contributed by atoms with van der Waals surface area (Å²) >= 11 is 0. The number of likely N-dealkylation sites (tertiary alicyclic amines) is 1. The average molecular weight is 226 g/mol. The molecule has 1 saturated carbocycles. The van der Waals surface area contributed by atoms with Crippen molar-refractivity contribution in [2.45, 2.75) is 51.2 Å². The van der Waals surface area contributed by atoms with Crippen molar-refractivity contribution in [3.8, 4) is 0 Å². The molecule has 1 N–H and O–H groups in total. The number of esters is 1. The molecule has 0 aromatic carbocycles. The monoisotopic (exact) mass is 226 g/mol. The van der Waals surface area contributed by atoms with Crippen molar-refractivity contribution in [1.29, 1.82) is 0 Å². The van der Waals surface area contributed by atoms with Gasteiger partial charge < -0.3 is 10.1 Å². The highest BCUT2D eigenvalue weighted by molar-refractivity contribution is 5.71. The highest BCUT2D eigenvalue weighted by atomic mass is 16.5. The lowest BCUT2D eigenvalue weighted by Crippen LogP contribution is -2.37. The van der Waals surface area contributed by atoms with E-state index in [-0.39, 0.29) is 5.97 Å². The highest BCUT2D eigenvalue weighted by Gasteiger charge is 2.38. The predicted octanol–water partition coefficient (Wildman–Crippen LogP) is 0.764. The number of nitrogens with one attached hydrogen (secondary N) is 1. The fourth-order valence-electron chi connectivity index (χ4n) is 2.56. The van der Waals surface area contributed by atoms with E-state index in [9.17, 15) is 4.79 Å². The van der Waals surface area contributed by atoms with Gasteiger partial charge in [-0.25, -0.2) is 0 Å². The molecule has 16 heavy (non-hydrogen) atoms. The molecule has 2 fully saturated rings.